The van der Waals surface area contributed by atoms with E-state index < -0.39 is 0 Å². The summed E-state index contributed by atoms with van der Waals surface area (Å²) in [5.41, 5.74) is 1.80. The van der Waals surface area contributed by atoms with Gasteiger partial charge in [0, 0.05) is 17.3 Å². The lowest BCUT2D eigenvalue weighted by atomic mass is 9.92. The van der Waals surface area contributed by atoms with Crippen LogP contribution in [0.1, 0.15) is 36.8 Å². The van der Waals surface area contributed by atoms with Crippen LogP contribution in [0.25, 0.3) is 0 Å². The van der Waals surface area contributed by atoms with E-state index in [0.29, 0.717) is 5.82 Å². The molecule has 0 bridgehead atoms. The van der Waals surface area contributed by atoms with Gasteiger partial charge in [-0.1, -0.05) is 36.5 Å². The predicted octanol–water partition coefficient (Wildman–Crippen LogP) is 3.75. The monoisotopic (exact) mass is 318 g/mol. The molecule has 2 fully saturated rings. The molecular formula is C20H18N2O2. The number of carbonyl (C=O) groups is 1. The van der Waals surface area contributed by atoms with Crippen molar-refractivity contribution >= 4 is 11.9 Å². The smallest absolute Gasteiger partial charge is 0.416 e. The molecule has 2 atom stereocenters. The summed E-state index contributed by atoms with van der Waals surface area (Å²) >= 11 is 0. The number of amides is 1. The van der Waals surface area contributed by atoms with Crippen LogP contribution >= 0.6 is 0 Å². The van der Waals surface area contributed by atoms with Crippen LogP contribution in [-0.2, 0) is 4.74 Å². The minimum Gasteiger partial charge on any atom is -0.444 e. The number of fused-ring (bicyclic) bond motifs is 1. The highest BCUT2D eigenvalue weighted by Crippen LogP contribution is 2.34. The Kier molecular flexibility index (Phi) is 3.92. The molecule has 1 aliphatic carbocycles. The Morgan fingerprint density at radius 1 is 1.00 bits per heavy atom. The van der Waals surface area contributed by atoms with Crippen molar-refractivity contribution in [2.75, 3.05) is 4.90 Å². The number of nitrogens with zero attached hydrogens (tertiary/aromatic N) is 2. The molecular weight excluding hydrogens is 300 g/mol. The number of hydrogen-bond donors (Lipinski definition) is 0. The largest absolute Gasteiger partial charge is 0.444 e. The highest BCUT2D eigenvalue weighted by atomic mass is 16.6. The van der Waals surface area contributed by atoms with Crippen LogP contribution in [0.2, 0.25) is 0 Å². The summed E-state index contributed by atoms with van der Waals surface area (Å²) in [6.45, 7) is 0. The molecule has 4 rings (SSSR count). The van der Waals surface area contributed by atoms with E-state index in [2.05, 4.69) is 16.8 Å². The fourth-order valence-electron chi connectivity index (χ4n) is 3.36. The zero-order valence-corrected chi connectivity index (χ0v) is 13.3. The predicted molar refractivity (Wildman–Crippen MR) is 91.7 cm³/mol. The van der Waals surface area contributed by atoms with E-state index in [1.807, 2.05) is 42.5 Å². The van der Waals surface area contributed by atoms with Gasteiger partial charge in [0.1, 0.15) is 11.9 Å². The molecule has 2 aliphatic rings. The molecule has 1 aliphatic heterocycles. The number of carbonyl (C=O) groups excluding carboxylic acids is 1. The standard InChI is InChI=1S/C20H18N2O2/c23-20-22(17-8-4-5-9-18(17)24-20)19-13-12-16(14-21-19)11-10-15-6-2-1-3-7-15/h1-3,6-7,12-14,17-18H,4-5,8-9H2/t17-,18+/m1/s1. The van der Waals surface area contributed by atoms with Crippen LogP contribution in [0.3, 0.4) is 0 Å². The first-order chi connectivity index (χ1) is 11.8. The van der Waals surface area contributed by atoms with Gasteiger partial charge in [0.2, 0.25) is 0 Å². The van der Waals surface area contributed by atoms with Gasteiger partial charge in [-0.2, -0.15) is 0 Å². The van der Waals surface area contributed by atoms with Crippen LogP contribution in [0.4, 0.5) is 10.6 Å². The summed E-state index contributed by atoms with van der Waals surface area (Å²) in [7, 11) is 0. The molecule has 2 heterocycles. The molecule has 0 radical (unpaired) electrons. The van der Waals surface area contributed by atoms with Crippen molar-refractivity contribution in [3.8, 4) is 11.8 Å². The second-order valence-electron chi connectivity index (χ2n) is 6.17. The van der Waals surface area contributed by atoms with Crippen LogP contribution in [-0.4, -0.2) is 23.2 Å². The van der Waals surface area contributed by atoms with Gasteiger partial charge in [0.15, 0.2) is 0 Å². The zero-order valence-electron chi connectivity index (χ0n) is 13.3. The topological polar surface area (TPSA) is 42.4 Å². The van der Waals surface area contributed by atoms with Crippen molar-refractivity contribution in [3.05, 3.63) is 59.8 Å². The maximum absolute atomic E-state index is 12.2. The maximum Gasteiger partial charge on any atom is 0.416 e. The Morgan fingerprint density at radius 2 is 1.79 bits per heavy atom. The van der Waals surface area contributed by atoms with Gasteiger partial charge in [-0.3, -0.25) is 4.90 Å². The molecule has 24 heavy (non-hydrogen) atoms. The quantitative estimate of drug-likeness (QED) is 0.752. The normalized spacial score (nSPS) is 22.3. The van der Waals surface area contributed by atoms with Gasteiger partial charge in [-0.15, -0.1) is 0 Å². The lowest BCUT2D eigenvalue weighted by molar-refractivity contribution is 0.113. The van der Waals surface area contributed by atoms with E-state index >= 15 is 0 Å². The van der Waals surface area contributed by atoms with Crippen LogP contribution in [0, 0.1) is 11.8 Å². The second-order valence-corrected chi connectivity index (χ2v) is 6.17. The summed E-state index contributed by atoms with van der Waals surface area (Å²) in [6.07, 6.45) is 5.65. The van der Waals surface area contributed by atoms with Crippen molar-refractivity contribution in [2.45, 2.75) is 37.8 Å². The third kappa shape index (κ3) is 2.85. The average Bonchev–Trinajstić information content (AvgIpc) is 2.97. The Bertz CT molecular complexity index is 790. The Morgan fingerprint density at radius 3 is 2.58 bits per heavy atom. The lowest BCUT2D eigenvalue weighted by Gasteiger charge is -2.27. The highest BCUT2D eigenvalue weighted by molar-refractivity contribution is 5.89. The molecule has 1 saturated heterocycles. The van der Waals surface area contributed by atoms with Gasteiger partial charge in [0.25, 0.3) is 0 Å². The fourth-order valence-corrected chi connectivity index (χ4v) is 3.36. The first-order valence-corrected chi connectivity index (χ1v) is 8.34. The highest BCUT2D eigenvalue weighted by Gasteiger charge is 2.44. The molecule has 1 saturated carbocycles. The Labute approximate surface area is 141 Å². The van der Waals surface area contributed by atoms with Crippen molar-refractivity contribution in [3.63, 3.8) is 0 Å². The summed E-state index contributed by atoms with van der Waals surface area (Å²) in [4.78, 5) is 18.3. The summed E-state index contributed by atoms with van der Waals surface area (Å²) in [6, 6.07) is 13.7. The lowest BCUT2D eigenvalue weighted by Crippen LogP contribution is -2.39. The number of pyridine rings is 1. The first kappa shape index (κ1) is 14.8. The van der Waals surface area contributed by atoms with E-state index in [4.69, 9.17) is 4.74 Å². The summed E-state index contributed by atoms with van der Waals surface area (Å²) in [5, 5.41) is 0. The van der Waals surface area contributed by atoms with E-state index in [0.717, 1.165) is 36.8 Å². The van der Waals surface area contributed by atoms with E-state index in [9.17, 15) is 4.79 Å². The van der Waals surface area contributed by atoms with E-state index in [-0.39, 0.29) is 18.2 Å². The molecule has 0 spiro atoms. The van der Waals surface area contributed by atoms with E-state index in [1.54, 1.807) is 11.1 Å². The second kappa shape index (κ2) is 6.37. The fraction of sp³-hybridized carbons (Fsp3) is 0.300. The average molecular weight is 318 g/mol. The van der Waals surface area contributed by atoms with Gasteiger partial charge >= 0.3 is 6.09 Å². The number of aromatic nitrogens is 1. The first-order valence-electron chi connectivity index (χ1n) is 8.34. The molecule has 2 aromatic rings. The molecule has 1 aromatic carbocycles. The van der Waals surface area contributed by atoms with Gasteiger partial charge in [-0.25, -0.2) is 9.78 Å². The molecule has 120 valence electrons. The van der Waals surface area contributed by atoms with E-state index in [1.165, 1.54) is 0 Å². The van der Waals surface area contributed by atoms with Crippen molar-refractivity contribution < 1.29 is 9.53 Å². The summed E-state index contributed by atoms with van der Waals surface area (Å²) < 4.78 is 5.49. The van der Waals surface area contributed by atoms with Gasteiger partial charge in [-0.05, 0) is 43.5 Å². The summed E-state index contributed by atoms with van der Waals surface area (Å²) in [5.74, 6) is 6.86. The molecule has 1 aromatic heterocycles. The van der Waals surface area contributed by atoms with Crippen LogP contribution in [0.15, 0.2) is 48.7 Å². The van der Waals surface area contributed by atoms with Gasteiger partial charge < -0.3 is 4.74 Å². The van der Waals surface area contributed by atoms with Crippen LogP contribution < -0.4 is 4.90 Å². The third-order valence-corrected chi connectivity index (χ3v) is 4.57. The zero-order chi connectivity index (χ0) is 16.4. The molecule has 0 N–H and O–H groups in total. The molecule has 1 amide bonds. The number of ether oxygens (including phenoxy) is 1. The number of rotatable bonds is 1. The van der Waals surface area contributed by atoms with Crippen molar-refractivity contribution in [1.82, 2.24) is 4.98 Å². The van der Waals surface area contributed by atoms with Crippen LogP contribution in [0.5, 0.6) is 0 Å². The van der Waals surface area contributed by atoms with Gasteiger partial charge in [0.05, 0.1) is 6.04 Å². The third-order valence-electron chi connectivity index (χ3n) is 4.57. The molecule has 4 nitrogen and oxygen atoms in total. The van der Waals surface area contributed by atoms with Crippen molar-refractivity contribution in [1.29, 1.82) is 0 Å². The molecule has 0 unspecified atom stereocenters. The minimum atomic E-state index is -0.275. The number of anilines is 1. The number of benzene rings is 1. The van der Waals surface area contributed by atoms with Crippen molar-refractivity contribution in [2.24, 2.45) is 0 Å². The minimum absolute atomic E-state index is 0.0191. The molecule has 4 heteroatoms. The SMILES string of the molecule is O=C1O[C@H]2CCCC[C@H]2N1c1ccc(C#Cc2ccccc2)cn1. The Balaban J connectivity index is 1.54. The number of hydrogen-bond acceptors (Lipinski definition) is 3. The Hall–Kier alpha value is -2.80. The maximum atomic E-state index is 12.2.